The highest BCUT2D eigenvalue weighted by molar-refractivity contribution is 6.43. The summed E-state index contributed by atoms with van der Waals surface area (Å²) >= 11 is 12.6. The number of fused-ring (bicyclic) bond motifs is 3. The summed E-state index contributed by atoms with van der Waals surface area (Å²) in [5, 5.41) is 15.4. The molecule has 2 aromatic rings. The van der Waals surface area contributed by atoms with Crippen LogP contribution in [0.25, 0.3) is 0 Å². The fraction of sp³-hybridized carbons (Fsp3) is 0.222. The molecule has 0 radical (unpaired) electrons. The summed E-state index contributed by atoms with van der Waals surface area (Å²) in [6, 6.07) is 10.6. The molecule has 4 nitrogen and oxygen atoms in total. The van der Waals surface area contributed by atoms with Crippen LogP contribution < -0.4 is 5.32 Å². The van der Waals surface area contributed by atoms with Gasteiger partial charge in [-0.25, -0.2) is 0 Å². The van der Waals surface area contributed by atoms with E-state index in [1.807, 2.05) is 24.3 Å². The summed E-state index contributed by atoms with van der Waals surface area (Å²) in [6.45, 7) is 0. The molecule has 0 saturated carbocycles. The van der Waals surface area contributed by atoms with Crippen LogP contribution in [0.15, 0.2) is 48.6 Å². The van der Waals surface area contributed by atoms with Crippen LogP contribution in [0.5, 0.6) is 0 Å². The van der Waals surface area contributed by atoms with Crippen LogP contribution in [-0.2, 0) is 0 Å². The van der Waals surface area contributed by atoms with Gasteiger partial charge in [-0.15, -0.1) is 0 Å². The lowest BCUT2D eigenvalue weighted by Crippen LogP contribution is -2.29. The molecule has 0 amide bonds. The number of nitro benzene ring substituents is 1. The zero-order valence-electron chi connectivity index (χ0n) is 12.6. The Morgan fingerprint density at radius 3 is 2.58 bits per heavy atom. The van der Waals surface area contributed by atoms with E-state index in [0.29, 0.717) is 16.0 Å². The van der Waals surface area contributed by atoms with Crippen molar-refractivity contribution in [3.8, 4) is 0 Å². The zero-order chi connectivity index (χ0) is 16.8. The van der Waals surface area contributed by atoms with Crippen LogP contribution >= 0.6 is 23.2 Å². The van der Waals surface area contributed by atoms with Gasteiger partial charge in [0.25, 0.3) is 5.69 Å². The van der Waals surface area contributed by atoms with Gasteiger partial charge in [0.1, 0.15) is 0 Å². The number of non-ortho nitro benzene ring substituents is 1. The average Bonchev–Trinajstić information content (AvgIpc) is 3.07. The van der Waals surface area contributed by atoms with Crippen molar-refractivity contribution in [3.63, 3.8) is 0 Å². The SMILES string of the molecule is O=[N+]([O-])c1ccc([C@@H]2Nc3c(ccc(Cl)c3Cl)[C@@H]3C=CC[C@H]32)cc1. The van der Waals surface area contributed by atoms with Crippen molar-refractivity contribution in [2.45, 2.75) is 18.4 Å². The Bertz CT molecular complexity index is 849. The van der Waals surface area contributed by atoms with Gasteiger partial charge < -0.3 is 5.32 Å². The quantitative estimate of drug-likeness (QED) is 0.422. The van der Waals surface area contributed by atoms with E-state index >= 15 is 0 Å². The van der Waals surface area contributed by atoms with E-state index in [1.165, 1.54) is 0 Å². The Morgan fingerprint density at radius 2 is 1.88 bits per heavy atom. The molecule has 24 heavy (non-hydrogen) atoms. The molecule has 0 bridgehead atoms. The first-order valence-electron chi connectivity index (χ1n) is 7.71. The number of anilines is 1. The molecule has 0 spiro atoms. The van der Waals surface area contributed by atoms with Crippen molar-refractivity contribution < 1.29 is 4.92 Å². The highest BCUT2D eigenvalue weighted by atomic mass is 35.5. The lowest BCUT2D eigenvalue weighted by atomic mass is 9.77. The molecule has 1 N–H and O–H groups in total. The summed E-state index contributed by atoms with van der Waals surface area (Å²) in [6.07, 6.45) is 5.36. The van der Waals surface area contributed by atoms with E-state index in [0.717, 1.165) is 23.2 Å². The van der Waals surface area contributed by atoms with Gasteiger partial charge in [0.15, 0.2) is 0 Å². The summed E-state index contributed by atoms with van der Waals surface area (Å²) in [5.74, 6) is 0.632. The summed E-state index contributed by atoms with van der Waals surface area (Å²) < 4.78 is 0. The van der Waals surface area contributed by atoms with Crippen LogP contribution in [0.3, 0.4) is 0 Å². The van der Waals surface area contributed by atoms with Gasteiger partial charge >= 0.3 is 0 Å². The van der Waals surface area contributed by atoms with Crippen molar-refractivity contribution >= 4 is 34.6 Å². The molecule has 0 saturated heterocycles. The van der Waals surface area contributed by atoms with Crippen LogP contribution in [-0.4, -0.2) is 4.92 Å². The van der Waals surface area contributed by atoms with Gasteiger partial charge in [0.05, 0.1) is 26.7 Å². The number of nitro groups is 1. The maximum atomic E-state index is 10.9. The molecule has 0 unspecified atom stereocenters. The van der Waals surface area contributed by atoms with Crippen molar-refractivity contribution in [1.29, 1.82) is 0 Å². The first-order chi connectivity index (χ1) is 11.6. The first-order valence-corrected chi connectivity index (χ1v) is 8.47. The number of rotatable bonds is 2. The second-order valence-electron chi connectivity index (χ2n) is 6.15. The minimum absolute atomic E-state index is 0.0364. The second kappa shape index (κ2) is 5.80. The third-order valence-electron chi connectivity index (χ3n) is 4.89. The molecule has 1 aliphatic heterocycles. The zero-order valence-corrected chi connectivity index (χ0v) is 14.1. The minimum atomic E-state index is -0.385. The predicted molar refractivity (Wildman–Crippen MR) is 95.9 cm³/mol. The van der Waals surface area contributed by atoms with Gasteiger partial charge in [0.2, 0.25) is 0 Å². The topological polar surface area (TPSA) is 55.2 Å². The van der Waals surface area contributed by atoms with Crippen molar-refractivity contribution in [1.82, 2.24) is 0 Å². The van der Waals surface area contributed by atoms with E-state index in [2.05, 4.69) is 17.5 Å². The molecule has 2 aliphatic rings. The Morgan fingerprint density at radius 1 is 1.12 bits per heavy atom. The van der Waals surface area contributed by atoms with E-state index < -0.39 is 0 Å². The van der Waals surface area contributed by atoms with Crippen LogP contribution in [0.4, 0.5) is 11.4 Å². The van der Waals surface area contributed by atoms with Crippen molar-refractivity contribution in [3.05, 3.63) is 79.8 Å². The minimum Gasteiger partial charge on any atom is -0.376 e. The standard InChI is InChI=1S/C18H14Cl2N2O2/c19-15-9-8-14-12-2-1-3-13(12)17(21-18(14)16(15)20)10-4-6-11(7-5-10)22(23)24/h1-2,4-9,12-13,17,21H,3H2/t12-,13-,17+/m1/s1. The first kappa shape index (κ1) is 15.5. The molecule has 2 aromatic carbocycles. The van der Waals surface area contributed by atoms with Gasteiger partial charge in [0, 0.05) is 18.1 Å². The van der Waals surface area contributed by atoms with E-state index in [-0.39, 0.29) is 22.6 Å². The number of benzene rings is 2. The van der Waals surface area contributed by atoms with Crippen molar-refractivity contribution in [2.75, 3.05) is 5.32 Å². The molecule has 3 atom stereocenters. The third kappa shape index (κ3) is 2.38. The van der Waals surface area contributed by atoms with Gasteiger partial charge in [-0.2, -0.15) is 0 Å². The molecule has 4 rings (SSSR count). The van der Waals surface area contributed by atoms with Crippen molar-refractivity contribution in [2.24, 2.45) is 5.92 Å². The largest absolute Gasteiger partial charge is 0.376 e. The monoisotopic (exact) mass is 360 g/mol. The van der Waals surface area contributed by atoms with Gasteiger partial charge in [-0.1, -0.05) is 53.6 Å². The smallest absolute Gasteiger partial charge is 0.269 e. The predicted octanol–water partition coefficient (Wildman–Crippen LogP) is 5.73. The number of hydrogen-bond acceptors (Lipinski definition) is 3. The number of halogens is 2. The Kier molecular flexibility index (Phi) is 3.74. The number of allylic oxidation sites excluding steroid dienone is 2. The van der Waals surface area contributed by atoms with Crippen LogP contribution in [0, 0.1) is 16.0 Å². The Hall–Kier alpha value is -2.04. The maximum absolute atomic E-state index is 10.9. The van der Waals surface area contributed by atoms with E-state index in [4.69, 9.17) is 23.2 Å². The summed E-state index contributed by atoms with van der Waals surface area (Å²) in [5.41, 5.74) is 3.12. The molecular weight excluding hydrogens is 347 g/mol. The fourth-order valence-electron chi connectivity index (χ4n) is 3.74. The van der Waals surface area contributed by atoms with Crippen LogP contribution in [0.2, 0.25) is 10.0 Å². The average molecular weight is 361 g/mol. The molecule has 1 aliphatic carbocycles. The number of nitrogens with zero attached hydrogens (tertiary/aromatic N) is 1. The number of hydrogen-bond donors (Lipinski definition) is 1. The van der Waals surface area contributed by atoms with Crippen LogP contribution in [0.1, 0.15) is 29.5 Å². The highest BCUT2D eigenvalue weighted by Crippen LogP contribution is 2.52. The second-order valence-corrected chi connectivity index (χ2v) is 6.93. The number of nitrogens with one attached hydrogen (secondary N) is 1. The van der Waals surface area contributed by atoms with Gasteiger partial charge in [-0.3, -0.25) is 10.1 Å². The Balaban J connectivity index is 1.77. The molecule has 122 valence electrons. The normalized spacial score (nSPS) is 24.2. The lowest BCUT2D eigenvalue weighted by Gasteiger charge is -2.38. The third-order valence-corrected chi connectivity index (χ3v) is 5.69. The highest BCUT2D eigenvalue weighted by Gasteiger charge is 2.39. The summed E-state index contributed by atoms with van der Waals surface area (Å²) in [7, 11) is 0. The van der Waals surface area contributed by atoms with E-state index in [1.54, 1.807) is 12.1 Å². The van der Waals surface area contributed by atoms with E-state index in [9.17, 15) is 10.1 Å². The maximum Gasteiger partial charge on any atom is 0.269 e. The molecular formula is C18H14Cl2N2O2. The Labute approximate surface area is 149 Å². The molecule has 1 heterocycles. The molecule has 0 aromatic heterocycles. The summed E-state index contributed by atoms with van der Waals surface area (Å²) in [4.78, 5) is 10.5. The molecule has 0 fully saturated rings. The fourth-order valence-corrected chi connectivity index (χ4v) is 4.12. The lowest BCUT2D eigenvalue weighted by molar-refractivity contribution is -0.384. The van der Waals surface area contributed by atoms with Gasteiger partial charge in [-0.05, 0) is 29.5 Å². The molecule has 6 heteroatoms.